The largest absolute Gasteiger partial charge is 0.497 e. The molecule has 1 saturated heterocycles. The number of piperazine rings is 1. The number of para-hydroxylation sites is 1. The van der Waals surface area contributed by atoms with Crippen LogP contribution in [0.4, 0.5) is 11.5 Å². The topological polar surface area (TPSA) is 91.7 Å². The molecule has 37 heavy (non-hydrogen) atoms. The first-order chi connectivity index (χ1) is 18.0. The predicted octanol–water partition coefficient (Wildman–Crippen LogP) is 3.32. The minimum Gasteiger partial charge on any atom is -0.497 e. The number of fused-ring (bicyclic) bond motifs is 3. The van der Waals surface area contributed by atoms with Crippen molar-refractivity contribution < 1.29 is 14.3 Å². The number of aromatic nitrogens is 2. The standard InChI is InChI=1S/C27H32N6O3S/c1-36-20-9-7-19(8-10-20)32-17-15-31(16-18-32)14-4-13-28-24(34)12-11-23-26(35)33-25(29-23)21-5-2-3-6-22(21)30-27(33)37/h2-3,5-10,23,29H,4,11-18H2,1H3,(H,28,34). The molecule has 1 amide bonds. The number of nitrogens with zero attached hydrogens (tertiary/aromatic N) is 4. The highest BCUT2D eigenvalue weighted by molar-refractivity contribution is 7.71. The molecule has 5 rings (SSSR count). The van der Waals surface area contributed by atoms with Gasteiger partial charge in [-0.2, -0.15) is 0 Å². The van der Waals surface area contributed by atoms with Gasteiger partial charge in [-0.3, -0.25) is 14.5 Å². The molecule has 3 aromatic rings. The van der Waals surface area contributed by atoms with Crippen LogP contribution in [-0.4, -0.2) is 78.7 Å². The second-order valence-electron chi connectivity index (χ2n) is 9.40. The van der Waals surface area contributed by atoms with E-state index in [0.717, 1.165) is 55.8 Å². The van der Waals surface area contributed by atoms with Crippen LogP contribution in [0.2, 0.25) is 0 Å². The van der Waals surface area contributed by atoms with E-state index >= 15 is 0 Å². The van der Waals surface area contributed by atoms with Crippen molar-refractivity contribution in [3.63, 3.8) is 0 Å². The number of ether oxygens (including phenoxy) is 1. The summed E-state index contributed by atoms with van der Waals surface area (Å²) in [5.41, 5.74) is 1.97. The lowest BCUT2D eigenvalue weighted by molar-refractivity contribution is -0.121. The summed E-state index contributed by atoms with van der Waals surface area (Å²) in [6, 6.07) is 15.3. The molecule has 0 radical (unpaired) electrons. The van der Waals surface area contributed by atoms with Crippen LogP contribution in [0.25, 0.3) is 10.9 Å². The minimum atomic E-state index is -0.484. The first kappa shape index (κ1) is 25.2. The maximum Gasteiger partial charge on any atom is 0.257 e. The molecule has 1 fully saturated rings. The van der Waals surface area contributed by atoms with Gasteiger partial charge < -0.3 is 20.3 Å². The quantitative estimate of drug-likeness (QED) is 0.328. The van der Waals surface area contributed by atoms with Crippen molar-refractivity contribution in [3.8, 4) is 5.75 Å². The maximum absolute atomic E-state index is 12.9. The van der Waals surface area contributed by atoms with Crippen molar-refractivity contribution in [1.82, 2.24) is 19.8 Å². The lowest BCUT2D eigenvalue weighted by Crippen LogP contribution is -2.47. The summed E-state index contributed by atoms with van der Waals surface area (Å²) in [5.74, 6) is 1.34. The molecule has 9 nitrogen and oxygen atoms in total. The van der Waals surface area contributed by atoms with Crippen molar-refractivity contribution >= 4 is 46.4 Å². The second kappa shape index (κ2) is 11.3. The Labute approximate surface area is 221 Å². The second-order valence-corrected chi connectivity index (χ2v) is 9.76. The Balaban J connectivity index is 1.01. The molecule has 1 aromatic heterocycles. The molecular formula is C27H32N6O3S. The molecule has 1 unspecified atom stereocenters. The van der Waals surface area contributed by atoms with E-state index in [1.54, 1.807) is 7.11 Å². The summed E-state index contributed by atoms with van der Waals surface area (Å²) in [5, 5.41) is 7.11. The van der Waals surface area contributed by atoms with E-state index < -0.39 is 6.04 Å². The van der Waals surface area contributed by atoms with E-state index in [0.29, 0.717) is 18.8 Å². The highest BCUT2D eigenvalue weighted by atomic mass is 32.1. The summed E-state index contributed by atoms with van der Waals surface area (Å²) in [6.07, 6.45) is 1.58. The fourth-order valence-corrected chi connectivity index (χ4v) is 5.26. The number of anilines is 2. The zero-order valence-electron chi connectivity index (χ0n) is 21.0. The third-order valence-corrected chi connectivity index (χ3v) is 7.34. The van der Waals surface area contributed by atoms with E-state index in [-0.39, 0.29) is 23.0 Å². The summed E-state index contributed by atoms with van der Waals surface area (Å²) in [7, 11) is 1.68. The number of hydrogen-bond acceptors (Lipinski definition) is 8. The van der Waals surface area contributed by atoms with E-state index in [1.165, 1.54) is 10.3 Å². The van der Waals surface area contributed by atoms with Crippen LogP contribution in [0.1, 0.15) is 24.1 Å². The van der Waals surface area contributed by atoms with Crippen LogP contribution >= 0.6 is 12.2 Å². The van der Waals surface area contributed by atoms with Gasteiger partial charge in [-0.05, 0) is 68.0 Å². The third-order valence-electron chi connectivity index (χ3n) is 7.06. The van der Waals surface area contributed by atoms with Crippen LogP contribution in [0.5, 0.6) is 5.75 Å². The molecule has 0 bridgehead atoms. The monoisotopic (exact) mass is 520 g/mol. The first-order valence-electron chi connectivity index (χ1n) is 12.7. The van der Waals surface area contributed by atoms with Crippen LogP contribution in [-0.2, 0) is 4.79 Å². The summed E-state index contributed by atoms with van der Waals surface area (Å²) in [6.45, 7) is 5.55. The zero-order chi connectivity index (χ0) is 25.8. The highest BCUT2D eigenvalue weighted by Crippen LogP contribution is 2.29. The smallest absolute Gasteiger partial charge is 0.257 e. The predicted molar refractivity (Wildman–Crippen MR) is 147 cm³/mol. The van der Waals surface area contributed by atoms with Crippen molar-refractivity contribution in [1.29, 1.82) is 0 Å². The normalized spacial score (nSPS) is 17.5. The van der Waals surface area contributed by atoms with Gasteiger partial charge in [0.1, 0.15) is 17.6 Å². The summed E-state index contributed by atoms with van der Waals surface area (Å²) in [4.78, 5) is 34.5. The van der Waals surface area contributed by atoms with Crippen LogP contribution in [0, 0.1) is 4.77 Å². The first-order valence-corrected chi connectivity index (χ1v) is 13.1. The lowest BCUT2D eigenvalue weighted by atomic mass is 10.1. The molecular weight excluding hydrogens is 488 g/mol. The van der Waals surface area contributed by atoms with E-state index in [1.807, 2.05) is 36.4 Å². The molecule has 2 N–H and O–H groups in total. The average Bonchev–Trinajstić information content (AvgIpc) is 3.27. The van der Waals surface area contributed by atoms with Gasteiger partial charge in [0.2, 0.25) is 10.7 Å². The number of carbonyl (C=O) groups is 2. The molecule has 194 valence electrons. The van der Waals surface area contributed by atoms with Crippen LogP contribution < -0.4 is 20.3 Å². The van der Waals surface area contributed by atoms with Gasteiger partial charge in [0, 0.05) is 50.2 Å². The summed E-state index contributed by atoms with van der Waals surface area (Å²) < 4.78 is 6.93. The number of rotatable bonds is 9. The number of amides is 1. The molecule has 3 heterocycles. The van der Waals surface area contributed by atoms with Gasteiger partial charge in [0.15, 0.2) is 0 Å². The Hall–Kier alpha value is -3.50. The Morgan fingerprint density at radius 3 is 2.65 bits per heavy atom. The van der Waals surface area contributed by atoms with Crippen LogP contribution in [0.3, 0.4) is 0 Å². The van der Waals surface area contributed by atoms with Crippen LogP contribution in [0.15, 0.2) is 48.5 Å². The molecule has 0 spiro atoms. The van der Waals surface area contributed by atoms with Crippen molar-refractivity contribution in [2.24, 2.45) is 0 Å². The number of hydrogen-bond donors (Lipinski definition) is 2. The highest BCUT2D eigenvalue weighted by Gasteiger charge is 2.32. The Morgan fingerprint density at radius 2 is 1.89 bits per heavy atom. The maximum atomic E-state index is 12.9. The van der Waals surface area contributed by atoms with Gasteiger partial charge in [0.25, 0.3) is 5.91 Å². The van der Waals surface area contributed by atoms with Gasteiger partial charge in [-0.25, -0.2) is 9.55 Å². The van der Waals surface area contributed by atoms with E-state index in [2.05, 4.69) is 37.6 Å². The van der Waals surface area contributed by atoms with E-state index in [4.69, 9.17) is 17.0 Å². The van der Waals surface area contributed by atoms with Crippen molar-refractivity contribution in [2.75, 3.05) is 56.6 Å². The Bertz CT molecular complexity index is 1330. The number of carbonyl (C=O) groups excluding carboxylic acids is 2. The molecule has 0 aliphatic carbocycles. The fourth-order valence-electron chi connectivity index (χ4n) is 4.98. The van der Waals surface area contributed by atoms with Gasteiger partial charge in [-0.15, -0.1) is 0 Å². The molecule has 2 aliphatic heterocycles. The number of benzene rings is 2. The lowest BCUT2D eigenvalue weighted by Gasteiger charge is -2.36. The molecule has 2 aromatic carbocycles. The average molecular weight is 521 g/mol. The van der Waals surface area contributed by atoms with Gasteiger partial charge >= 0.3 is 0 Å². The van der Waals surface area contributed by atoms with Gasteiger partial charge in [-0.1, -0.05) is 12.1 Å². The molecule has 2 aliphatic rings. The third kappa shape index (κ3) is 5.60. The summed E-state index contributed by atoms with van der Waals surface area (Å²) >= 11 is 5.34. The van der Waals surface area contributed by atoms with E-state index in [9.17, 15) is 9.59 Å². The number of methoxy groups -OCH3 is 1. The molecule has 1 atom stereocenters. The van der Waals surface area contributed by atoms with Crippen molar-refractivity contribution in [3.05, 3.63) is 53.3 Å². The molecule has 0 saturated carbocycles. The van der Waals surface area contributed by atoms with Crippen molar-refractivity contribution in [2.45, 2.75) is 25.3 Å². The zero-order valence-corrected chi connectivity index (χ0v) is 21.8. The number of nitrogens with one attached hydrogen (secondary N) is 2. The fraction of sp³-hybridized carbons (Fsp3) is 0.407. The van der Waals surface area contributed by atoms with Gasteiger partial charge in [0.05, 0.1) is 12.6 Å². The minimum absolute atomic E-state index is 0.0403. The molecule has 10 heteroatoms. The Kier molecular flexibility index (Phi) is 7.66. The Morgan fingerprint density at radius 1 is 1.14 bits per heavy atom. The SMILES string of the molecule is COc1ccc(N2CCN(CCCNC(=O)CCC3Nc4c5ccccc5nc(=S)n4C3=O)CC2)cc1.